The van der Waals surface area contributed by atoms with Gasteiger partial charge in [0.05, 0.1) is 0 Å². The number of hydrogen-bond donors (Lipinski definition) is 4. The molecular weight excluding hydrogens is 572 g/mol. The minimum absolute atomic E-state index is 0.0158. The van der Waals surface area contributed by atoms with Gasteiger partial charge in [-0.25, -0.2) is 0 Å². The van der Waals surface area contributed by atoms with Crippen LogP contribution in [0.5, 0.6) is 0 Å². The molecule has 6 aliphatic rings. The topological polar surface area (TPSA) is 96.3 Å². The van der Waals surface area contributed by atoms with E-state index < -0.39 is 0 Å². The molecule has 2 aromatic carbocycles. The van der Waals surface area contributed by atoms with E-state index in [1.165, 1.54) is 63.0 Å². The van der Waals surface area contributed by atoms with Gasteiger partial charge in [0.25, 0.3) is 11.8 Å². The molecule has 240 valence electrons. The quantitative estimate of drug-likeness (QED) is 0.225. The number of piperidine rings is 6. The molecule has 2 atom stereocenters. The molecule has 6 fully saturated rings. The number of aryl methyl sites for hydroxylation is 2. The normalized spacial score (nSPS) is 26.2. The molecule has 46 heavy (non-hydrogen) atoms. The molecule has 6 aliphatic heterocycles. The molecule has 6 saturated heterocycles. The van der Waals surface area contributed by atoms with Gasteiger partial charge in [0.1, 0.15) is 11.4 Å². The van der Waals surface area contributed by atoms with E-state index in [-0.39, 0.29) is 11.8 Å². The van der Waals surface area contributed by atoms with E-state index in [0.29, 0.717) is 35.3 Å². The Hall–Kier alpha value is -4.14. The number of nitrogens with zero attached hydrogens (tertiary/aromatic N) is 2. The van der Waals surface area contributed by atoms with Crippen LogP contribution in [0.25, 0.3) is 22.5 Å². The monoisotopic (exact) mass is 618 g/mol. The van der Waals surface area contributed by atoms with Crippen LogP contribution in [0.1, 0.15) is 57.8 Å². The van der Waals surface area contributed by atoms with E-state index >= 15 is 0 Å². The van der Waals surface area contributed by atoms with E-state index in [1.54, 1.807) is 0 Å². The van der Waals surface area contributed by atoms with Gasteiger partial charge in [-0.3, -0.25) is 9.59 Å². The highest BCUT2D eigenvalue weighted by molar-refractivity contribution is 5.94. The third-order valence-electron chi connectivity index (χ3n) is 10.5. The first-order valence-electron chi connectivity index (χ1n) is 17.0. The zero-order valence-electron chi connectivity index (χ0n) is 27.0. The lowest BCUT2D eigenvalue weighted by Gasteiger charge is -2.44. The Morgan fingerprint density at radius 2 is 1.11 bits per heavy atom. The summed E-state index contributed by atoms with van der Waals surface area (Å²) in [6.07, 6.45) is 4.85. The van der Waals surface area contributed by atoms with Gasteiger partial charge in [-0.05, 0) is 119 Å². The zero-order valence-corrected chi connectivity index (χ0v) is 27.0. The Morgan fingerprint density at radius 3 is 1.57 bits per heavy atom. The van der Waals surface area contributed by atoms with Crippen molar-refractivity contribution in [3.8, 4) is 22.5 Å². The Labute approximate surface area is 272 Å². The maximum atomic E-state index is 12.5. The van der Waals surface area contributed by atoms with Crippen LogP contribution in [-0.4, -0.2) is 82.9 Å². The van der Waals surface area contributed by atoms with Gasteiger partial charge in [0.2, 0.25) is 0 Å². The van der Waals surface area contributed by atoms with Crippen LogP contribution in [0.3, 0.4) is 0 Å². The number of aromatic amines is 2. The molecular formula is C38H46N6O2. The molecule has 8 heteroatoms. The average molecular weight is 619 g/mol. The first-order valence-corrected chi connectivity index (χ1v) is 17.0. The molecule has 0 saturated carbocycles. The van der Waals surface area contributed by atoms with Gasteiger partial charge in [-0.2, -0.15) is 0 Å². The van der Waals surface area contributed by atoms with Crippen molar-refractivity contribution in [1.82, 2.24) is 30.4 Å². The fourth-order valence-electron chi connectivity index (χ4n) is 7.69. The van der Waals surface area contributed by atoms with E-state index in [4.69, 9.17) is 0 Å². The van der Waals surface area contributed by atoms with E-state index in [1.807, 2.05) is 30.3 Å². The summed E-state index contributed by atoms with van der Waals surface area (Å²) in [6, 6.07) is 25.0. The Morgan fingerprint density at radius 1 is 0.609 bits per heavy atom. The van der Waals surface area contributed by atoms with Crippen LogP contribution in [0.4, 0.5) is 0 Å². The minimum Gasteiger partial charge on any atom is -0.351 e. The van der Waals surface area contributed by atoms with Crippen molar-refractivity contribution in [3.63, 3.8) is 0 Å². The zero-order chi connectivity index (χ0) is 31.6. The standard InChI is InChI=1S/2C19H23N3O/c1-13-2-4-14(5-3-13)16-6-7-17(20-16)19(23)21-18-12-22-10-8-15(18)9-11-22;1-13-3-2-4-15(11-13)16-5-6-17(20-16)19(23)21-18-12-22-9-7-14(18)8-10-22/h2-7,15,18,20H,8-12H2,1H3,(H,21,23);2-6,11,14,18,20H,7-10,12H2,1H3,(H,21,23)/t2*18-/m00/s1. The smallest absolute Gasteiger partial charge is 0.267 e. The van der Waals surface area contributed by atoms with Crippen molar-refractivity contribution in [2.45, 2.75) is 51.6 Å². The van der Waals surface area contributed by atoms with Crippen molar-refractivity contribution in [1.29, 1.82) is 0 Å². The van der Waals surface area contributed by atoms with E-state index in [0.717, 1.165) is 35.6 Å². The van der Waals surface area contributed by atoms with Crippen molar-refractivity contribution in [2.75, 3.05) is 39.3 Å². The Balaban J connectivity index is 0.000000147. The number of hydrogen-bond acceptors (Lipinski definition) is 4. The number of benzene rings is 2. The number of fused-ring (bicyclic) bond motifs is 6. The summed E-state index contributed by atoms with van der Waals surface area (Å²) in [7, 11) is 0. The van der Waals surface area contributed by atoms with Crippen LogP contribution in [-0.2, 0) is 0 Å². The molecule has 10 rings (SSSR count). The van der Waals surface area contributed by atoms with Gasteiger partial charge in [-0.1, -0.05) is 53.6 Å². The predicted octanol–water partition coefficient (Wildman–Crippen LogP) is 5.63. The summed E-state index contributed by atoms with van der Waals surface area (Å²) < 4.78 is 0. The number of nitrogens with one attached hydrogen (secondary N) is 4. The molecule has 0 aliphatic carbocycles. The maximum absolute atomic E-state index is 12.5. The number of carbonyl (C=O) groups is 2. The summed E-state index contributed by atoms with van der Waals surface area (Å²) in [5, 5.41) is 6.46. The van der Waals surface area contributed by atoms with Gasteiger partial charge in [-0.15, -0.1) is 0 Å². The average Bonchev–Trinajstić information content (AvgIpc) is 3.78. The number of aromatic nitrogens is 2. The molecule has 4 bridgehead atoms. The summed E-state index contributed by atoms with van der Waals surface area (Å²) in [5.41, 5.74) is 7.96. The Bertz CT molecular complexity index is 1660. The largest absolute Gasteiger partial charge is 0.351 e. The fourth-order valence-corrected chi connectivity index (χ4v) is 7.69. The van der Waals surface area contributed by atoms with E-state index in [2.05, 4.69) is 86.7 Å². The molecule has 4 aromatic rings. The van der Waals surface area contributed by atoms with E-state index in [9.17, 15) is 9.59 Å². The van der Waals surface area contributed by atoms with Gasteiger partial charge in [0, 0.05) is 36.6 Å². The highest BCUT2D eigenvalue weighted by atomic mass is 16.2. The predicted molar refractivity (Wildman–Crippen MR) is 183 cm³/mol. The summed E-state index contributed by atoms with van der Waals surface area (Å²) in [6.45, 7) is 10.9. The van der Waals surface area contributed by atoms with Crippen LogP contribution >= 0.6 is 0 Å². The lowest BCUT2D eigenvalue weighted by atomic mass is 9.84. The number of H-pyrrole nitrogens is 2. The van der Waals surface area contributed by atoms with Crippen molar-refractivity contribution in [2.24, 2.45) is 11.8 Å². The van der Waals surface area contributed by atoms with Gasteiger partial charge in [0.15, 0.2) is 0 Å². The number of rotatable bonds is 6. The van der Waals surface area contributed by atoms with Crippen molar-refractivity contribution in [3.05, 3.63) is 95.3 Å². The van der Waals surface area contributed by atoms with Crippen LogP contribution in [0, 0.1) is 25.7 Å². The second kappa shape index (κ2) is 13.3. The summed E-state index contributed by atoms with van der Waals surface area (Å²) >= 11 is 0. The molecule has 2 amide bonds. The minimum atomic E-state index is 0.0158. The third-order valence-corrected chi connectivity index (χ3v) is 10.5. The SMILES string of the molecule is Cc1ccc(-c2ccc(C(=O)N[C@H]3CN4CCC3CC4)[nH]2)cc1.Cc1cccc(-c2ccc(C(=O)N[C@H]3CN4CCC3CC4)[nH]2)c1. The van der Waals surface area contributed by atoms with Crippen LogP contribution in [0.2, 0.25) is 0 Å². The lowest BCUT2D eigenvalue weighted by Crippen LogP contribution is -2.57. The molecule has 8 nitrogen and oxygen atoms in total. The Kier molecular flexibility index (Phi) is 8.82. The molecule has 0 radical (unpaired) electrons. The first kappa shape index (κ1) is 30.5. The third kappa shape index (κ3) is 6.83. The second-order valence-corrected chi connectivity index (χ2v) is 13.7. The number of amides is 2. The van der Waals surface area contributed by atoms with Gasteiger partial charge < -0.3 is 30.4 Å². The molecule has 0 spiro atoms. The summed E-state index contributed by atoms with van der Waals surface area (Å²) in [4.78, 5) is 36.5. The fraction of sp³-hybridized carbons (Fsp3) is 0.421. The number of carbonyl (C=O) groups excluding carboxylic acids is 2. The molecule has 8 heterocycles. The molecule has 0 unspecified atom stereocenters. The maximum Gasteiger partial charge on any atom is 0.267 e. The molecule has 2 aromatic heterocycles. The van der Waals surface area contributed by atoms with Crippen LogP contribution < -0.4 is 10.6 Å². The van der Waals surface area contributed by atoms with Crippen LogP contribution in [0.15, 0.2) is 72.8 Å². The van der Waals surface area contributed by atoms with Gasteiger partial charge >= 0.3 is 0 Å². The summed E-state index contributed by atoms with van der Waals surface area (Å²) in [5.74, 6) is 1.33. The van der Waals surface area contributed by atoms with Crippen molar-refractivity contribution < 1.29 is 9.59 Å². The highest BCUT2D eigenvalue weighted by Crippen LogP contribution is 2.29. The lowest BCUT2D eigenvalue weighted by molar-refractivity contribution is 0.0615. The highest BCUT2D eigenvalue weighted by Gasteiger charge is 2.36. The second-order valence-electron chi connectivity index (χ2n) is 13.7. The first-order chi connectivity index (χ1) is 22.4. The molecule has 4 N–H and O–H groups in total. The van der Waals surface area contributed by atoms with Crippen molar-refractivity contribution >= 4 is 11.8 Å².